The Kier molecular flexibility index (Phi) is 3.98. The third-order valence-corrected chi connectivity index (χ3v) is 5.24. The second kappa shape index (κ2) is 6.63. The van der Waals surface area contributed by atoms with Crippen LogP contribution in [0.1, 0.15) is 23.8 Å². The van der Waals surface area contributed by atoms with Crippen molar-refractivity contribution in [1.82, 2.24) is 20.1 Å². The van der Waals surface area contributed by atoms with E-state index in [1.807, 2.05) is 6.07 Å². The Labute approximate surface area is 155 Å². The molecule has 1 N–H and O–H groups in total. The van der Waals surface area contributed by atoms with Gasteiger partial charge in [-0.3, -0.25) is 4.90 Å². The molecular formula is C21H19FN4O. The van der Waals surface area contributed by atoms with E-state index in [0.29, 0.717) is 11.5 Å². The van der Waals surface area contributed by atoms with Crippen molar-refractivity contribution in [3.8, 4) is 11.5 Å². The van der Waals surface area contributed by atoms with Gasteiger partial charge in [0.15, 0.2) is 0 Å². The molecule has 2 aromatic heterocycles. The molecule has 0 aliphatic carbocycles. The van der Waals surface area contributed by atoms with Crippen LogP contribution in [0.25, 0.3) is 22.4 Å². The third kappa shape index (κ3) is 3.02. The molecule has 0 saturated carbocycles. The van der Waals surface area contributed by atoms with E-state index in [4.69, 9.17) is 4.42 Å². The van der Waals surface area contributed by atoms with E-state index in [2.05, 4.69) is 44.5 Å². The molecule has 5 nitrogen and oxygen atoms in total. The number of halogens is 1. The predicted molar refractivity (Wildman–Crippen MR) is 101 cm³/mol. The SMILES string of the molecule is Fc1ccccc1-c1nnc([C@H]2CCN(Cc3c[nH]c4ccccc34)C2)o1. The van der Waals surface area contributed by atoms with Gasteiger partial charge >= 0.3 is 0 Å². The topological polar surface area (TPSA) is 58.0 Å². The summed E-state index contributed by atoms with van der Waals surface area (Å²) < 4.78 is 19.7. The molecule has 0 spiro atoms. The highest BCUT2D eigenvalue weighted by molar-refractivity contribution is 5.82. The molecular weight excluding hydrogens is 343 g/mol. The molecule has 1 aliphatic rings. The van der Waals surface area contributed by atoms with Crippen LogP contribution in [0.15, 0.2) is 59.1 Å². The predicted octanol–water partition coefficient (Wildman–Crippen LogP) is 4.35. The molecule has 27 heavy (non-hydrogen) atoms. The average Bonchev–Trinajstić information content (AvgIpc) is 3.42. The van der Waals surface area contributed by atoms with Crippen LogP contribution in [-0.2, 0) is 6.54 Å². The number of aromatic nitrogens is 3. The van der Waals surface area contributed by atoms with Gasteiger partial charge in [-0.05, 0) is 36.7 Å². The minimum absolute atomic E-state index is 0.184. The highest BCUT2D eigenvalue weighted by atomic mass is 19.1. The molecule has 6 heteroatoms. The van der Waals surface area contributed by atoms with E-state index < -0.39 is 0 Å². The first-order chi connectivity index (χ1) is 13.3. The number of nitrogens with zero attached hydrogens (tertiary/aromatic N) is 3. The number of rotatable bonds is 4. The van der Waals surface area contributed by atoms with Gasteiger partial charge in [-0.15, -0.1) is 10.2 Å². The summed E-state index contributed by atoms with van der Waals surface area (Å²) in [4.78, 5) is 5.72. The van der Waals surface area contributed by atoms with Crippen LogP contribution < -0.4 is 0 Å². The van der Waals surface area contributed by atoms with Gasteiger partial charge in [-0.25, -0.2) is 4.39 Å². The molecule has 0 unspecified atom stereocenters. The zero-order valence-electron chi connectivity index (χ0n) is 14.7. The largest absolute Gasteiger partial charge is 0.420 e. The fourth-order valence-electron chi connectivity index (χ4n) is 3.82. The monoisotopic (exact) mass is 362 g/mol. The van der Waals surface area contributed by atoms with Gasteiger partial charge < -0.3 is 9.40 Å². The van der Waals surface area contributed by atoms with Crippen LogP contribution in [0.2, 0.25) is 0 Å². The number of likely N-dealkylation sites (tertiary alicyclic amines) is 1. The summed E-state index contributed by atoms with van der Waals surface area (Å²) in [6.07, 6.45) is 3.04. The lowest BCUT2D eigenvalue weighted by Gasteiger charge is -2.14. The van der Waals surface area contributed by atoms with Crippen molar-refractivity contribution in [1.29, 1.82) is 0 Å². The molecule has 2 aromatic carbocycles. The van der Waals surface area contributed by atoms with E-state index in [0.717, 1.165) is 31.6 Å². The molecule has 0 radical (unpaired) electrons. The lowest BCUT2D eigenvalue weighted by atomic mass is 10.1. The quantitative estimate of drug-likeness (QED) is 0.586. The van der Waals surface area contributed by atoms with Crippen LogP contribution in [0.5, 0.6) is 0 Å². The average molecular weight is 362 g/mol. The molecule has 136 valence electrons. The molecule has 1 aliphatic heterocycles. The molecule has 1 saturated heterocycles. The van der Waals surface area contributed by atoms with E-state index in [-0.39, 0.29) is 17.6 Å². The van der Waals surface area contributed by atoms with Gasteiger partial charge in [-0.2, -0.15) is 0 Å². The van der Waals surface area contributed by atoms with E-state index in [1.54, 1.807) is 18.2 Å². The zero-order valence-corrected chi connectivity index (χ0v) is 14.7. The number of para-hydroxylation sites is 1. The van der Waals surface area contributed by atoms with Crippen molar-refractivity contribution in [2.24, 2.45) is 0 Å². The number of H-pyrrole nitrogens is 1. The molecule has 1 atom stereocenters. The highest BCUT2D eigenvalue weighted by Crippen LogP contribution is 2.31. The van der Waals surface area contributed by atoms with Crippen molar-refractivity contribution in [3.63, 3.8) is 0 Å². The Bertz CT molecular complexity index is 1090. The first-order valence-electron chi connectivity index (χ1n) is 9.13. The number of hydrogen-bond donors (Lipinski definition) is 1. The van der Waals surface area contributed by atoms with Gasteiger partial charge in [0.2, 0.25) is 5.89 Å². The Morgan fingerprint density at radius 3 is 2.89 bits per heavy atom. The molecule has 1 fully saturated rings. The summed E-state index contributed by atoms with van der Waals surface area (Å²) in [5, 5.41) is 9.50. The summed E-state index contributed by atoms with van der Waals surface area (Å²) >= 11 is 0. The summed E-state index contributed by atoms with van der Waals surface area (Å²) in [6.45, 7) is 2.72. The molecule has 0 bridgehead atoms. The second-order valence-electron chi connectivity index (χ2n) is 7.01. The molecule has 4 aromatic rings. The summed E-state index contributed by atoms with van der Waals surface area (Å²) in [7, 11) is 0. The lowest BCUT2D eigenvalue weighted by Crippen LogP contribution is -2.19. The second-order valence-corrected chi connectivity index (χ2v) is 7.01. The Morgan fingerprint density at radius 1 is 1.11 bits per heavy atom. The van der Waals surface area contributed by atoms with Gasteiger partial charge in [0.25, 0.3) is 5.89 Å². The van der Waals surface area contributed by atoms with Crippen molar-refractivity contribution in [2.45, 2.75) is 18.9 Å². The minimum atomic E-state index is -0.347. The van der Waals surface area contributed by atoms with Crippen molar-refractivity contribution in [2.75, 3.05) is 13.1 Å². The third-order valence-electron chi connectivity index (χ3n) is 5.24. The smallest absolute Gasteiger partial charge is 0.250 e. The number of benzene rings is 2. The fourth-order valence-corrected chi connectivity index (χ4v) is 3.82. The molecule has 0 amide bonds. The molecule has 3 heterocycles. The van der Waals surface area contributed by atoms with E-state index in [9.17, 15) is 4.39 Å². The number of nitrogens with one attached hydrogen (secondary N) is 1. The summed E-state index contributed by atoms with van der Waals surface area (Å²) in [5.41, 5.74) is 2.81. The van der Waals surface area contributed by atoms with Crippen LogP contribution in [0, 0.1) is 5.82 Å². The summed E-state index contributed by atoms with van der Waals surface area (Å²) in [5.74, 6) is 0.677. The molecule has 5 rings (SSSR count). The fraction of sp³-hybridized carbons (Fsp3) is 0.238. The van der Waals surface area contributed by atoms with Gasteiger partial charge in [-0.1, -0.05) is 30.3 Å². The normalized spacial score (nSPS) is 17.7. The lowest BCUT2D eigenvalue weighted by molar-refractivity contribution is 0.321. The van der Waals surface area contributed by atoms with Crippen LogP contribution in [0.4, 0.5) is 4.39 Å². The standard InChI is InChI=1S/C21H19FN4O/c22-18-7-3-1-6-17(18)21-25-24-20(27-21)14-9-10-26(12-14)13-15-11-23-19-8-4-2-5-16(15)19/h1-8,11,14,23H,9-10,12-13H2/t14-/m0/s1. The van der Waals surface area contributed by atoms with E-state index in [1.165, 1.54) is 17.0 Å². The van der Waals surface area contributed by atoms with Crippen molar-refractivity contribution < 1.29 is 8.81 Å². The first kappa shape index (κ1) is 16.2. The van der Waals surface area contributed by atoms with Gasteiger partial charge in [0, 0.05) is 30.2 Å². The van der Waals surface area contributed by atoms with Crippen LogP contribution in [-0.4, -0.2) is 33.2 Å². The Hall–Kier alpha value is -2.99. The maximum Gasteiger partial charge on any atom is 0.250 e. The Morgan fingerprint density at radius 2 is 1.96 bits per heavy atom. The summed E-state index contributed by atoms with van der Waals surface area (Å²) in [6, 6.07) is 14.8. The van der Waals surface area contributed by atoms with Gasteiger partial charge in [0.05, 0.1) is 11.5 Å². The number of fused-ring (bicyclic) bond motifs is 1. The Balaban J connectivity index is 1.31. The van der Waals surface area contributed by atoms with E-state index >= 15 is 0 Å². The van der Waals surface area contributed by atoms with Gasteiger partial charge in [0.1, 0.15) is 5.82 Å². The maximum atomic E-state index is 13.9. The number of aromatic amines is 1. The zero-order chi connectivity index (χ0) is 18.2. The highest BCUT2D eigenvalue weighted by Gasteiger charge is 2.29. The maximum absolute atomic E-state index is 13.9. The minimum Gasteiger partial charge on any atom is -0.420 e. The van der Waals surface area contributed by atoms with Crippen molar-refractivity contribution >= 4 is 10.9 Å². The van der Waals surface area contributed by atoms with Crippen molar-refractivity contribution in [3.05, 3.63) is 72.0 Å². The number of hydrogen-bond acceptors (Lipinski definition) is 4. The first-order valence-corrected chi connectivity index (χ1v) is 9.13. The van der Waals surface area contributed by atoms with Crippen LogP contribution >= 0.6 is 0 Å². The van der Waals surface area contributed by atoms with Crippen LogP contribution in [0.3, 0.4) is 0 Å².